The molecule has 29 heavy (non-hydrogen) atoms. The van der Waals surface area contributed by atoms with Crippen LogP contribution in [0.1, 0.15) is 20.2 Å². The Morgan fingerprint density at radius 3 is 2.07 bits per heavy atom. The van der Waals surface area contributed by atoms with Crippen LogP contribution in [0, 0.1) is 5.82 Å². The van der Waals surface area contributed by atoms with E-state index < -0.39 is 5.91 Å². The van der Waals surface area contributed by atoms with Gasteiger partial charge in [-0.05, 0) is 72.1 Å². The van der Waals surface area contributed by atoms with Crippen LogP contribution >= 0.6 is 11.3 Å². The molecule has 5 nitrogen and oxygen atoms in total. The topological polar surface area (TPSA) is 71.3 Å². The maximum absolute atomic E-state index is 13.0. The van der Waals surface area contributed by atoms with Gasteiger partial charge in [-0.2, -0.15) is 0 Å². The van der Waals surface area contributed by atoms with Crippen LogP contribution < -0.4 is 10.6 Å². The smallest absolute Gasteiger partial charge is 0.291 e. The Morgan fingerprint density at radius 2 is 1.45 bits per heavy atom. The van der Waals surface area contributed by atoms with Gasteiger partial charge in [0.2, 0.25) is 0 Å². The van der Waals surface area contributed by atoms with Crippen molar-refractivity contribution in [3.05, 3.63) is 94.6 Å². The van der Waals surface area contributed by atoms with Crippen LogP contribution in [-0.2, 0) is 0 Å². The average molecular weight is 406 g/mol. The van der Waals surface area contributed by atoms with Crippen LogP contribution in [0.4, 0.5) is 15.8 Å². The molecule has 0 radical (unpaired) electrons. The largest absolute Gasteiger partial charge is 0.451 e. The number of thiophene rings is 1. The molecule has 2 aromatic carbocycles. The van der Waals surface area contributed by atoms with Crippen molar-refractivity contribution in [1.29, 1.82) is 0 Å². The summed E-state index contributed by atoms with van der Waals surface area (Å²) in [7, 11) is 0. The van der Waals surface area contributed by atoms with Crippen LogP contribution in [0.15, 0.2) is 82.6 Å². The first-order valence-electron chi connectivity index (χ1n) is 8.70. The van der Waals surface area contributed by atoms with Crippen LogP contribution in [0.25, 0.3) is 11.3 Å². The number of furan rings is 1. The third-order valence-electron chi connectivity index (χ3n) is 4.10. The Bertz CT molecular complexity index is 1130. The zero-order chi connectivity index (χ0) is 20.2. The van der Waals surface area contributed by atoms with E-state index in [-0.39, 0.29) is 17.5 Å². The molecular formula is C22H15FN2O3S. The molecule has 7 heteroatoms. The standard InChI is InChI=1S/C22H15FN2O3S/c23-15-5-3-14(4-6-15)18-11-12-19(28-18)21(26)24-16-7-9-17(10-8-16)25-22(27)20-2-1-13-29-20/h1-13H,(H,24,26)(H,25,27). The molecular weight excluding hydrogens is 391 g/mol. The molecule has 0 bridgehead atoms. The molecule has 144 valence electrons. The summed E-state index contributed by atoms with van der Waals surface area (Å²) in [5.74, 6) is -0.316. The van der Waals surface area contributed by atoms with Crippen LogP contribution in [0.3, 0.4) is 0 Å². The molecule has 0 aliphatic carbocycles. The fourth-order valence-electron chi connectivity index (χ4n) is 2.66. The summed E-state index contributed by atoms with van der Waals surface area (Å²) in [5.41, 5.74) is 1.86. The van der Waals surface area contributed by atoms with Crippen molar-refractivity contribution in [3.63, 3.8) is 0 Å². The Kier molecular flexibility index (Phi) is 5.22. The minimum Gasteiger partial charge on any atom is -0.451 e. The quantitative estimate of drug-likeness (QED) is 0.450. The van der Waals surface area contributed by atoms with Crippen molar-refractivity contribution in [1.82, 2.24) is 0 Å². The molecule has 0 unspecified atom stereocenters. The molecule has 0 aliphatic rings. The lowest BCUT2D eigenvalue weighted by molar-refractivity contribution is 0.0995. The van der Waals surface area contributed by atoms with Crippen molar-refractivity contribution >= 4 is 34.5 Å². The predicted octanol–water partition coefficient (Wildman–Crippen LogP) is 5.65. The molecule has 2 N–H and O–H groups in total. The van der Waals surface area contributed by atoms with E-state index >= 15 is 0 Å². The average Bonchev–Trinajstić information content (AvgIpc) is 3.42. The summed E-state index contributed by atoms with van der Waals surface area (Å²) in [6.45, 7) is 0. The summed E-state index contributed by atoms with van der Waals surface area (Å²) >= 11 is 1.36. The van der Waals surface area contributed by atoms with Crippen molar-refractivity contribution in [2.45, 2.75) is 0 Å². The van der Waals surface area contributed by atoms with Gasteiger partial charge in [0.1, 0.15) is 11.6 Å². The molecule has 0 aliphatic heterocycles. The second kappa shape index (κ2) is 8.12. The Labute approximate surface area is 169 Å². The highest BCUT2D eigenvalue weighted by Gasteiger charge is 2.13. The number of anilines is 2. The first kappa shape index (κ1) is 18.6. The minimum atomic E-state index is -0.409. The molecule has 4 rings (SSSR count). The minimum absolute atomic E-state index is 0.138. The Hall–Kier alpha value is -3.71. The number of carbonyl (C=O) groups excluding carboxylic acids is 2. The van der Waals surface area contributed by atoms with Gasteiger partial charge >= 0.3 is 0 Å². The van der Waals surface area contributed by atoms with E-state index in [0.717, 1.165) is 0 Å². The number of halogens is 1. The normalized spacial score (nSPS) is 10.5. The van der Waals surface area contributed by atoms with Gasteiger partial charge in [-0.3, -0.25) is 9.59 Å². The van der Waals surface area contributed by atoms with Crippen LogP contribution in [0.5, 0.6) is 0 Å². The van der Waals surface area contributed by atoms with Gasteiger partial charge in [0.05, 0.1) is 4.88 Å². The van der Waals surface area contributed by atoms with Crippen LogP contribution in [0.2, 0.25) is 0 Å². The molecule has 0 saturated carbocycles. The third kappa shape index (κ3) is 4.41. The van der Waals surface area contributed by atoms with Crippen molar-refractivity contribution in [2.75, 3.05) is 10.6 Å². The highest BCUT2D eigenvalue weighted by Crippen LogP contribution is 2.23. The Balaban J connectivity index is 1.39. The second-order valence-electron chi connectivity index (χ2n) is 6.13. The van der Waals surface area contributed by atoms with E-state index in [1.807, 2.05) is 11.4 Å². The number of rotatable bonds is 5. The summed E-state index contributed by atoms with van der Waals surface area (Å²) in [6.07, 6.45) is 0. The second-order valence-corrected chi connectivity index (χ2v) is 7.08. The van der Waals surface area contributed by atoms with Gasteiger partial charge in [-0.15, -0.1) is 11.3 Å². The van der Waals surface area contributed by atoms with Gasteiger partial charge < -0.3 is 15.1 Å². The highest BCUT2D eigenvalue weighted by atomic mass is 32.1. The SMILES string of the molecule is O=C(Nc1ccc(NC(=O)c2cccs2)cc1)c1ccc(-c2ccc(F)cc2)o1. The molecule has 0 atom stereocenters. The van der Waals surface area contributed by atoms with E-state index in [1.165, 1.54) is 23.5 Å². The van der Waals surface area contributed by atoms with Gasteiger partial charge in [-0.25, -0.2) is 4.39 Å². The molecule has 2 aromatic heterocycles. The molecule has 2 amide bonds. The first-order chi connectivity index (χ1) is 14.1. The van der Waals surface area contributed by atoms with E-state index in [0.29, 0.717) is 27.6 Å². The lowest BCUT2D eigenvalue weighted by Crippen LogP contribution is -2.12. The summed E-state index contributed by atoms with van der Waals surface area (Å²) in [6, 6.07) is 19.4. The molecule has 0 spiro atoms. The van der Waals surface area contributed by atoms with E-state index in [1.54, 1.807) is 54.6 Å². The highest BCUT2D eigenvalue weighted by molar-refractivity contribution is 7.12. The molecule has 4 aromatic rings. The Morgan fingerprint density at radius 1 is 0.793 bits per heavy atom. The molecule has 0 fully saturated rings. The van der Waals surface area contributed by atoms with Gasteiger partial charge in [0.15, 0.2) is 5.76 Å². The number of carbonyl (C=O) groups is 2. The number of hydrogen-bond acceptors (Lipinski definition) is 4. The third-order valence-corrected chi connectivity index (χ3v) is 4.97. The van der Waals surface area contributed by atoms with Crippen LogP contribution in [-0.4, -0.2) is 11.8 Å². The first-order valence-corrected chi connectivity index (χ1v) is 9.58. The van der Waals surface area contributed by atoms with Crippen molar-refractivity contribution < 1.29 is 18.4 Å². The lowest BCUT2D eigenvalue weighted by Gasteiger charge is -2.06. The number of hydrogen-bond donors (Lipinski definition) is 2. The maximum atomic E-state index is 13.0. The zero-order valence-corrected chi connectivity index (χ0v) is 15.8. The number of nitrogens with one attached hydrogen (secondary N) is 2. The number of amides is 2. The summed E-state index contributed by atoms with van der Waals surface area (Å²) in [5, 5.41) is 7.37. The summed E-state index contributed by atoms with van der Waals surface area (Å²) < 4.78 is 18.6. The van der Waals surface area contributed by atoms with E-state index in [9.17, 15) is 14.0 Å². The van der Waals surface area contributed by atoms with Gasteiger partial charge in [-0.1, -0.05) is 6.07 Å². The maximum Gasteiger partial charge on any atom is 0.291 e. The lowest BCUT2D eigenvalue weighted by atomic mass is 10.2. The van der Waals surface area contributed by atoms with E-state index in [2.05, 4.69) is 10.6 Å². The van der Waals surface area contributed by atoms with Crippen molar-refractivity contribution in [2.24, 2.45) is 0 Å². The zero-order valence-electron chi connectivity index (χ0n) is 15.0. The molecule has 0 saturated heterocycles. The van der Waals surface area contributed by atoms with Crippen molar-refractivity contribution in [3.8, 4) is 11.3 Å². The fourth-order valence-corrected chi connectivity index (χ4v) is 3.28. The monoisotopic (exact) mass is 406 g/mol. The predicted molar refractivity (Wildman–Crippen MR) is 111 cm³/mol. The molecule has 2 heterocycles. The summed E-state index contributed by atoms with van der Waals surface area (Å²) in [4.78, 5) is 25.1. The fraction of sp³-hybridized carbons (Fsp3) is 0. The van der Waals surface area contributed by atoms with Gasteiger partial charge in [0.25, 0.3) is 11.8 Å². The number of benzene rings is 2. The van der Waals surface area contributed by atoms with Gasteiger partial charge in [0, 0.05) is 16.9 Å². The van der Waals surface area contributed by atoms with E-state index in [4.69, 9.17) is 4.42 Å².